The molecule has 0 aliphatic rings. The van der Waals surface area contributed by atoms with Gasteiger partial charge in [0.05, 0.1) is 11.0 Å². The molecule has 19 heavy (non-hydrogen) atoms. The number of aromatic nitrogens is 2. The molecule has 3 nitrogen and oxygen atoms in total. The summed E-state index contributed by atoms with van der Waals surface area (Å²) in [4.78, 5) is 16.7. The molecule has 0 aliphatic carbocycles. The third kappa shape index (κ3) is 4.58. The topological polar surface area (TPSA) is 48.6 Å². The molecule has 0 aliphatic heterocycles. The summed E-state index contributed by atoms with van der Waals surface area (Å²) in [5.74, 6) is 0. The zero-order chi connectivity index (χ0) is 14.8. The van der Waals surface area contributed by atoms with E-state index in [-0.39, 0.29) is 5.69 Å². The number of aryl methyl sites for hydroxylation is 2. The van der Waals surface area contributed by atoms with Crippen LogP contribution >= 0.6 is 0 Å². The second kappa shape index (κ2) is 9.42. The second-order valence-corrected chi connectivity index (χ2v) is 3.85. The molecular formula is C16H28N2O. The summed E-state index contributed by atoms with van der Waals surface area (Å²) < 4.78 is 0. The predicted octanol–water partition coefficient (Wildman–Crippen LogP) is 4.42. The van der Waals surface area contributed by atoms with E-state index in [2.05, 4.69) is 35.9 Å². The maximum atomic E-state index is 11.1. The van der Waals surface area contributed by atoms with Crippen LogP contribution in [0, 0.1) is 0 Å². The Morgan fingerprint density at radius 2 is 1.37 bits per heavy atom. The highest BCUT2D eigenvalue weighted by molar-refractivity contribution is 5.76. The van der Waals surface area contributed by atoms with Gasteiger partial charge in [0.25, 0.3) is 0 Å². The molecule has 2 N–H and O–H groups in total. The van der Waals surface area contributed by atoms with Gasteiger partial charge < -0.3 is 9.97 Å². The van der Waals surface area contributed by atoms with Gasteiger partial charge in [0, 0.05) is 0 Å². The molecule has 1 heterocycles. The number of rotatable bonds is 3. The first kappa shape index (κ1) is 17.5. The molecule has 0 saturated carbocycles. The van der Waals surface area contributed by atoms with Crippen LogP contribution < -0.4 is 5.69 Å². The standard InChI is InChI=1S/C12H16N2O.2C2H6/c1-3-5-9-7-11-10(6-8(9)4-2)13-12(15)14-11;2*1-2/h6-7H,3-5H2,1-2H3,(H2,13,14,15);2*1-2H3. The molecule has 3 heteroatoms. The Hall–Kier alpha value is -1.51. The lowest BCUT2D eigenvalue weighted by atomic mass is 10.0. The number of hydrogen-bond acceptors (Lipinski definition) is 1. The normalized spacial score (nSPS) is 9.37. The summed E-state index contributed by atoms with van der Waals surface area (Å²) in [7, 11) is 0. The fourth-order valence-electron chi connectivity index (χ4n) is 2.00. The van der Waals surface area contributed by atoms with Gasteiger partial charge in [-0.15, -0.1) is 0 Å². The van der Waals surface area contributed by atoms with Crippen LogP contribution in [0.3, 0.4) is 0 Å². The molecule has 1 aromatic heterocycles. The molecule has 0 saturated heterocycles. The number of imidazole rings is 1. The molecule has 0 amide bonds. The fraction of sp³-hybridized carbons (Fsp3) is 0.562. The number of aromatic amines is 2. The van der Waals surface area contributed by atoms with Crippen molar-refractivity contribution in [3.8, 4) is 0 Å². The number of nitrogens with one attached hydrogen (secondary N) is 2. The SMILES string of the molecule is CC.CC.CCCc1cc2[nH]c(=O)[nH]c2cc1CC. The van der Waals surface area contributed by atoms with Crippen LogP contribution in [0.4, 0.5) is 0 Å². The van der Waals surface area contributed by atoms with Gasteiger partial charge in [0.1, 0.15) is 0 Å². The van der Waals surface area contributed by atoms with Crippen LogP contribution in [-0.4, -0.2) is 9.97 Å². The third-order valence-electron chi connectivity index (χ3n) is 2.74. The lowest BCUT2D eigenvalue weighted by molar-refractivity contribution is 0.901. The van der Waals surface area contributed by atoms with Crippen molar-refractivity contribution in [3.05, 3.63) is 33.7 Å². The average molecular weight is 264 g/mol. The summed E-state index contributed by atoms with van der Waals surface area (Å²) >= 11 is 0. The minimum atomic E-state index is -0.124. The lowest BCUT2D eigenvalue weighted by Crippen LogP contribution is -1.99. The summed E-state index contributed by atoms with van der Waals surface area (Å²) in [6.07, 6.45) is 3.22. The van der Waals surface area contributed by atoms with Crippen molar-refractivity contribution >= 4 is 11.0 Å². The van der Waals surface area contributed by atoms with Gasteiger partial charge in [-0.3, -0.25) is 0 Å². The molecule has 0 spiro atoms. The number of benzene rings is 1. The molecule has 0 unspecified atom stereocenters. The Labute approximate surface area is 116 Å². The van der Waals surface area contributed by atoms with Crippen LogP contribution in [0.25, 0.3) is 11.0 Å². The zero-order valence-electron chi connectivity index (χ0n) is 13.2. The van der Waals surface area contributed by atoms with Gasteiger partial charge in [0.2, 0.25) is 0 Å². The quantitative estimate of drug-likeness (QED) is 0.846. The lowest BCUT2D eigenvalue weighted by Gasteiger charge is -2.06. The van der Waals surface area contributed by atoms with Crippen molar-refractivity contribution < 1.29 is 0 Å². The van der Waals surface area contributed by atoms with Crippen molar-refractivity contribution in [2.24, 2.45) is 0 Å². The van der Waals surface area contributed by atoms with E-state index in [0.717, 1.165) is 30.3 Å². The Balaban J connectivity index is 0.000000741. The van der Waals surface area contributed by atoms with Crippen molar-refractivity contribution in [2.45, 2.75) is 60.8 Å². The molecule has 1 aromatic carbocycles. The maximum Gasteiger partial charge on any atom is 0.323 e. The van der Waals surface area contributed by atoms with Crippen LogP contribution in [0.1, 0.15) is 59.1 Å². The van der Waals surface area contributed by atoms with Gasteiger partial charge >= 0.3 is 5.69 Å². The average Bonchev–Trinajstić information content (AvgIpc) is 2.82. The molecule has 2 aromatic rings. The van der Waals surface area contributed by atoms with Gasteiger partial charge in [-0.25, -0.2) is 4.79 Å². The van der Waals surface area contributed by atoms with E-state index in [4.69, 9.17) is 0 Å². The van der Waals surface area contributed by atoms with Crippen molar-refractivity contribution in [3.63, 3.8) is 0 Å². The molecule has 108 valence electrons. The van der Waals surface area contributed by atoms with E-state index in [9.17, 15) is 4.79 Å². The maximum absolute atomic E-state index is 11.1. The monoisotopic (exact) mass is 264 g/mol. The first-order valence-corrected chi connectivity index (χ1v) is 7.48. The Morgan fingerprint density at radius 1 is 0.895 bits per heavy atom. The zero-order valence-corrected chi connectivity index (χ0v) is 13.2. The number of H-pyrrole nitrogens is 2. The van der Waals surface area contributed by atoms with E-state index in [1.807, 2.05) is 27.7 Å². The Kier molecular flexibility index (Phi) is 8.68. The highest BCUT2D eigenvalue weighted by Crippen LogP contribution is 2.18. The largest absolute Gasteiger partial charge is 0.323 e. The van der Waals surface area contributed by atoms with Crippen LogP contribution in [0.5, 0.6) is 0 Å². The second-order valence-electron chi connectivity index (χ2n) is 3.85. The molecule has 0 bridgehead atoms. The van der Waals surface area contributed by atoms with E-state index in [1.165, 1.54) is 11.1 Å². The van der Waals surface area contributed by atoms with Crippen LogP contribution in [-0.2, 0) is 12.8 Å². The fourth-order valence-corrected chi connectivity index (χ4v) is 2.00. The highest BCUT2D eigenvalue weighted by atomic mass is 16.1. The first-order chi connectivity index (χ1) is 9.24. The van der Waals surface area contributed by atoms with Gasteiger partial charge in [-0.05, 0) is 36.1 Å². The Bertz CT molecular complexity index is 523. The van der Waals surface area contributed by atoms with Gasteiger partial charge in [0.15, 0.2) is 0 Å². The number of hydrogen-bond donors (Lipinski definition) is 2. The third-order valence-corrected chi connectivity index (χ3v) is 2.74. The number of fused-ring (bicyclic) bond motifs is 1. The predicted molar refractivity (Wildman–Crippen MR) is 85.0 cm³/mol. The minimum Gasteiger partial charge on any atom is -0.306 e. The van der Waals surface area contributed by atoms with E-state index < -0.39 is 0 Å². The summed E-state index contributed by atoms with van der Waals surface area (Å²) in [6, 6.07) is 4.17. The summed E-state index contributed by atoms with van der Waals surface area (Å²) in [5.41, 5.74) is 4.39. The van der Waals surface area contributed by atoms with Gasteiger partial charge in [-0.2, -0.15) is 0 Å². The van der Waals surface area contributed by atoms with Crippen molar-refractivity contribution in [2.75, 3.05) is 0 Å². The van der Waals surface area contributed by atoms with Crippen molar-refractivity contribution in [1.29, 1.82) is 0 Å². The van der Waals surface area contributed by atoms with Gasteiger partial charge in [-0.1, -0.05) is 48.0 Å². The smallest absolute Gasteiger partial charge is 0.306 e. The molecule has 0 atom stereocenters. The molecule has 0 fully saturated rings. The first-order valence-electron chi connectivity index (χ1n) is 7.48. The summed E-state index contributed by atoms with van der Waals surface area (Å²) in [5, 5.41) is 0. The van der Waals surface area contributed by atoms with Crippen molar-refractivity contribution in [1.82, 2.24) is 9.97 Å². The van der Waals surface area contributed by atoms with E-state index in [1.54, 1.807) is 0 Å². The molecule has 0 radical (unpaired) electrons. The van der Waals surface area contributed by atoms with E-state index >= 15 is 0 Å². The summed E-state index contributed by atoms with van der Waals surface area (Å²) in [6.45, 7) is 12.3. The van der Waals surface area contributed by atoms with E-state index in [0.29, 0.717) is 0 Å². The van der Waals surface area contributed by atoms with Crippen LogP contribution in [0.15, 0.2) is 16.9 Å². The van der Waals surface area contributed by atoms with Crippen LogP contribution in [0.2, 0.25) is 0 Å². The highest BCUT2D eigenvalue weighted by Gasteiger charge is 2.05. The molecular weight excluding hydrogens is 236 g/mol. The Morgan fingerprint density at radius 3 is 1.79 bits per heavy atom. The molecule has 2 rings (SSSR count). The minimum absolute atomic E-state index is 0.124.